The van der Waals surface area contributed by atoms with Crippen LogP contribution in [0.25, 0.3) is 0 Å². The Bertz CT molecular complexity index is 435. The van der Waals surface area contributed by atoms with Crippen LogP contribution >= 0.6 is 0 Å². The van der Waals surface area contributed by atoms with Crippen molar-refractivity contribution in [2.75, 3.05) is 0 Å². The molecule has 1 aliphatic heterocycles. The number of carbonyl (C=O) groups is 1. The summed E-state index contributed by atoms with van der Waals surface area (Å²) in [7, 11) is 0. The highest BCUT2D eigenvalue weighted by Gasteiger charge is 2.44. The fourth-order valence-electron chi connectivity index (χ4n) is 2.93. The summed E-state index contributed by atoms with van der Waals surface area (Å²) in [6, 6.07) is 9.16. The molecule has 1 saturated heterocycles. The van der Waals surface area contributed by atoms with E-state index in [9.17, 15) is 4.79 Å². The van der Waals surface area contributed by atoms with Crippen LogP contribution in [0.1, 0.15) is 57.3 Å². The third-order valence-electron chi connectivity index (χ3n) is 3.86. The molecule has 0 bridgehead atoms. The SMILES string of the molecule is CC1(C)CCCC(C)(C)N1OC(=O)c1ccccc1. The summed E-state index contributed by atoms with van der Waals surface area (Å²) in [6.45, 7) is 8.52. The lowest BCUT2D eigenvalue weighted by Crippen LogP contribution is -2.58. The standard InChI is InChI=1S/C16H23NO2/c1-15(2)11-8-12-16(3,4)17(15)19-14(18)13-9-6-5-7-10-13/h5-7,9-10H,8,11-12H2,1-4H3. The van der Waals surface area contributed by atoms with Crippen molar-refractivity contribution in [1.29, 1.82) is 0 Å². The predicted molar refractivity (Wildman–Crippen MR) is 75.7 cm³/mol. The molecule has 0 saturated carbocycles. The predicted octanol–water partition coefficient (Wildman–Crippen LogP) is 3.80. The lowest BCUT2D eigenvalue weighted by Gasteiger charge is -2.50. The van der Waals surface area contributed by atoms with Crippen LogP contribution in [-0.4, -0.2) is 22.1 Å². The van der Waals surface area contributed by atoms with E-state index in [0.717, 1.165) is 12.8 Å². The number of rotatable bonds is 2. The van der Waals surface area contributed by atoms with Crippen molar-refractivity contribution in [2.45, 2.75) is 58.0 Å². The number of carbonyl (C=O) groups excluding carboxylic acids is 1. The second-order valence-corrected chi connectivity index (χ2v) is 6.52. The minimum atomic E-state index is -0.274. The molecule has 104 valence electrons. The van der Waals surface area contributed by atoms with E-state index in [0.29, 0.717) is 5.56 Å². The molecule has 1 aromatic rings. The van der Waals surface area contributed by atoms with Crippen molar-refractivity contribution in [3.05, 3.63) is 35.9 Å². The number of benzene rings is 1. The molecule has 19 heavy (non-hydrogen) atoms. The van der Waals surface area contributed by atoms with Gasteiger partial charge in [-0.25, -0.2) is 4.79 Å². The molecule has 0 radical (unpaired) electrons. The molecular weight excluding hydrogens is 238 g/mol. The summed E-state index contributed by atoms with van der Waals surface area (Å²) in [5.41, 5.74) is 0.359. The number of nitrogens with zero attached hydrogens (tertiary/aromatic N) is 1. The lowest BCUT2D eigenvalue weighted by atomic mass is 9.82. The van der Waals surface area contributed by atoms with Crippen molar-refractivity contribution in [3.8, 4) is 0 Å². The van der Waals surface area contributed by atoms with E-state index >= 15 is 0 Å². The van der Waals surface area contributed by atoms with Crippen LogP contribution in [0.15, 0.2) is 30.3 Å². The van der Waals surface area contributed by atoms with Crippen molar-refractivity contribution in [3.63, 3.8) is 0 Å². The Morgan fingerprint density at radius 3 is 2.11 bits per heavy atom. The molecule has 0 amide bonds. The Labute approximate surface area is 115 Å². The summed E-state index contributed by atoms with van der Waals surface area (Å²) in [4.78, 5) is 17.9. The Morgan fingerprint density at radius 2 is 1.58 bits per heavy atom. The topological polar surface area (TPSA) is 29.5 Å². The highest BCUT2D eigenvalue weighted by atomic mass is 16.7. The maximum atomic E-state index is 12.2. The van der Waals surface area contributed by atoms with Crippen LogP contribution in [0.5, 0.6) is 0 Å². The van der Waals surface area contributed by atoms with Gasteiger partial charge in [0, 0.05) is 0 Å². The van der Waals surface area contributed by atoms with E-state index in [4.69, 9.17) is 4.84 Å². The fraction of sp³-hybridized carbons (Fsp3) is 0.562. The number of piperidine rings is 1. The normalized spacial score (nSPS) is 21.9. The quantitative estimate of drug-likeness (QED) is 0.811. The van der Waals surface area contributed by atoms with Gasteiger partial charge in [0.15, 0.2) is 0 Å². The van der Waals surface area contributed by atoms with Gasteiger partial charge < -0.3 is 4.84 Å². The molecule has 0 unspecified atom stereocenters. The summed E-state index contributed by atoms with van der Waals surface area (Å²) >= 11 is 0. The molecule has 0 N–H and O–H groups in total. The summed E-state index contributed by atoms with van der Waals surface area (Å²) in [5, 5.41) is 1.89. The maximum absolute atomic E-state index is 12.2. The lowest BCUT2D eigenvalue weighted by molar-refractivity contribution is -0.240. The monoisotopic (exact) mass is 261 g/mol. The molecule has 1 aromatic carbocycles. The smallest absolute Gasteiger partial charge is 0.357 e. The van der Waals surface area contributed by atoms with E-state index in [2.05, 4.69) is 27.7 Å². The Kier molecular flexibility index (Phi) is 3.68. The van der Waals surface area contributed by atoms with Gasteiger partial charge in [-0.2, -0.15) is 0 Å². The van der Waals surface area contributed by atoms with E-state index < -0.39 is 0 Å². The first kappa shape index (κ1) is 14.1. The summed E-state index contributed by atoms with van der Waals surface area (Å²) in [6.07, 6.45) is 3.25. The van der Waals surface area contributed by atoms with Gasteiger partial charge in [-0.15, -0.1) is 5.06 Å². The fourth-order valence-corrected chi connectivity index (χ4v) is 2.93. The molecule has 1 fully saturated rings. The zero-order valence-electron chi connectivity index (χ0n) is 12.3. The van der Waals surface area contributed by atoms with Gasteiger partial charge in [-0.1, -0.05) is 18.2 Å². The second-order valence-electron chi connectivity index (χ2n) is 6.52. The highest BCUT2D eigenvalue weighted by Crippen LogP contribution is 2.38. The average Bonchev–Trinajstić information content (AvgIpc) is 2.34. The van der Waals surface area contributed by atoms with Crippen molar-refractivity contribution in [1.82, 2.24) is 5.06 Å². The maximum Gasteiger partial charge on any atom is 0.357 e. The number of hydroxylamine groups is 2. The van der Waals surface area contributed by atoms with E-state index in [1.54, 1.807) is 12.1 Å². The van der Waals surface area contributed by atoms with Gasteiger partial charge >= 0.3 is 5.97 Å². The van der Waals surface area contributed by atoms with Crippen LogP contribution in [0.4, 0.5) is 0 Å². The largest absolute Gasteiger partial charge is 0.363 e. The molecule has 3 nitrogen and oxygen atoms in total. The van der Waals surface area contributed by atoms with Gasteiger partial charge in [0.05, 0.1) is 16.6 Å². The third-order valence-corrected chi connectivity index (χ3v) is 3.86. The molecule has 0 aliphatic carbocycles. The summed E-state index contributed by atoms with van der Waals surface area (Å²) in [5.74, 6) is -0.274. The Balaban J connectivity index is 2.18. The minimum absolute atomic E-state index is 0.119. The highest BCUT2D eigenvalue weighted by molar-refractivity contribution is 5.89. The van der Waals surface area contributed by atoms with Gasteiger partial charge in [0.25, 0.3) is 0 Å². The number of hydrogen-bond acceptors (Lipinski definition) is 3. The van der Waals surface area contributed by atoms with E-state index in [-0.39, 0.29) is 17.0 Å². The first-order valence-corrected chi connectivity index (χ1v) is 6.91. The van der Waals surface area contributed by atoms with Crippen molar-refractivity contribution in [2.24, 2.45) is 0 Å². The molecule has 0 aromatic heterocycles. The van der Waals surface area contributed by atoms with Crippen LogP contribution in [0, 0.1) is 0 Å². The van der Waals surface area contributed by atoms with Crippen LogP contribution in [-0.2, 0) is 4.84 Å². The zero-order valence-corrected chi connectivity index (χ0v) is 12.3. The molecule has 1 aliphatic rings. The third kappa shape index (κ3) is 2.98. The van der Waals surface area contributed by atoms with Crippen LogP contribution in [0.3, 0.4) is 0 Å². The van der Waals surface area contributed by atoms with Gasteiger partial charge in [0.1, 0.15) is 0 Å². The number of hydrogen-bond donors (Lipinski definition) is 0. The first-order chi connectivity index (χ1) is 8.83. The second kappa shape index (κ2) is 4.97. The average molecular weight is 261 g/mol. The molecule has 1 heterocycles. The minimum Gasteiger partial charge on any atom is -0.363 e. The molecule has 2 rings (SSSR count). The van der Waals surface area contributed by atoms with Crippen LogP contribution in [0.2, 0.25) is 0 Å². The Morgan fingerprint density at radius 1 is 1.05 bits per heavy atom. The van der Waals surface area contributed by atoms with Crippen LogP contribution < -0.4 is 0 Å². The molecular formula is C16H23NO2. The summed E-state index contributed by atoms with van der Waals surface area (Å²) < 4.78 is 0. The Hall–Kier alpha value is -1.35. The van der Waals surface area contributed by atoms with E-state index in [1.807, 2.05) is 23.3 Å². The van der Waals surface area contributed by atoms with Gasteiger partial charge in [-0.05, 0) is 59.1 Å². The van der Waals surface area contributed by atoms with E-state index in [1.165, 1.54) is 6.42 Å². The zero-order chi connectivity index (χ0) is 14.1. The van der Waals surface area contributed by atoms with Crippen molar-refractivity contribution >= 4 is 5.97 Å². The molecule has 0 spiro atoms. The molecule has 0 atom stereocenters. The van der Waals surface area contributed by atoms with Gasteiger partial charge in [-0.3, -0.25) is 0 Å². The van der Waals surface area contributed by atoms with Crippen molar-refractivity contribution < 1.29 is 9.63 Å². The first-order valence-electron chi connectivity index (χ1n) is 6.91. The molecule has 3 heteroatoms. The van der Waals surface area contributed by atoms with Gasteiger partial charge in [0.2, 0.25) is 0 Å².